The van der Waals surface area contributed by atoms with Crippen molar-refractivity contribution in [3.05, 3.63) is 35.1 Å². The van der Waals surface area contributed by atoms with Gasteiger partial charge in [-0.3, -0.25) is 0 Å². The van der Waals surface area contributed by atoms with Gasteiger partial charge in [-0.1, -0.05) is 12.1 Å². The van der Waals surface area contributed by atoms with Crippen LogP contribution in [0, 0.1) is 11.7 Å². The molecule has 0 heterocycles. The van der Waals surface area contributed by atoms with Crippen LogP contribution in [-0.2, 0) is 6.18 Å². The van der Waals surface area contributed by atoms with Crippen LogP contribution in [0.25, 0.3) is 0 Å². The Morgan fingerprint density at radius 3 is 2.29 bits per heavy atom. The first-order valence-electron chi connectivity index (χ1n) is 5.02. The molecule has 1 saturated carbocycles. The second-order valence-electron chi connectivity index (χ2n) is 4.07. The zero-order chi connectivity index (χ0) is 11.9. The minimum absolute atomic E-state index is 0. The summed E-state index contributed by atoms with van der Waals surface area (Å²) in [5.41, 5.74) is 4.44. The van der Waals surface area contributed by atoms with E-state index in [-0.39, 0.29) is 23.9 Å². The summed E-state index contributed by atoms with van der Waals surface area (Å²) >= 11 is 0. The van der Waals surface area contributed by atoms with Gasteiger partial charge in [0.05, 0.1) is 5.56 Å². The van der Waals surface area contributed by atoms with Crippen LogP contribution in [0.2, 0.25) is 0 Å². The molecule has 1 nitrogen and oxygen atoms in total. The summed E-state index contributed by atoms with van der Waals surface area (Å²) in [5, 5.41) is 0. The fourth-order valence-corrected chi connectivity index (χ4v) is 1.74. The van der Waals surface area contributed by atoms with E-state index in [0.29, 0.717) is 0 Å². The van der Waals surface area contributed by atoms with E-state index < -0.39 is 23.6 Å². The predicted octanol–water partition coefficient (Wildman–Crippen LogP) is 3.68. The minimum atomic E-state index is -4.66. The van der Waals surface area contributed by atoms with Gasteiger partial charge in [-0.2, -0.15) is 13.2 Å². The topological polar surface area (TPSA) is 26.0 Å². The van der Waals surface area contributed by atoms with Gasteiger partial charge in [-0.05, 0) is 24.8 Å². The number of hydrogen-bond acceptors (Lipinski definition) is 1. The second-order valence-corrected chi connectivity index (χ2v) is 4.07. The minimum Gasteiger partial charge on any atom is -0.324 e. The predicted molar refractivity (Wildman–Crippen MR) is 58.3 cm³/mol. The number of hydrogen-bond donors (Lipinski definition) is 1. The molecule has 0 amide bonds. The molecule has 17 heavy (non-hydrogen) atoms. The number of halogens is 5. The van der Waals surface area contributed by atoms with Gasteiger partial charge >= 0.3 is 6.18 Å². The quantitative estimate of drug-likeness (QED) is 0.815. The van der Waals surface area contributed by atoms with E-state index in [9.17, 15) is 17.6 Å². The number of rotatable bonds is 2. The molecule has 96 valence electrons. The molecule has 1 aromatic carbocycles. The average molecular weight is 270 g/mol. The Hall–Kier alpha value is -0.810. The van der Waals surface area contributed by atoms with Crippen molar-refractivity contribution in [1.82, 2.24) is 0 Å². The van der Waals surface area contributed by atoms with E-state index in [4.69, 9.17) is 5.73 Å². The third-order valence-corrected chi connectivity index (χ3v) is 2.82. The molecule has 0 aromatic heterocycles. The first kappa shape index (κ1) is 14.3. The van der Waals surface area contributed by atoms with Crippen LogP contribution in [0.3, 0.4) is 0 Å². The van der Waals surface area contributed by atoms with Gasteiger partial charge in [0.25, 0.3) is 0 Å². The fourth-order valence-electron chi connectivity index (χ4n) is 1.74. The van der Waals surface area contributed by atoms with Gasteiger partial charge in [-0.25, -0.2) is 4.39 Å². The molecule has 0 spiro atoms. The van der Waals surface area contributed by atoms with Gasteiger partial charge in [0.15, 0.2) is 0 Å². The maximum atomic E-state index is 13.6. The largest absolute Gasteiger partial charge is 0.419 e. The maximum absolute atomic E-state index is 13.6. The lowest BCUT2D eigenvalue weighted by Gasteiger charge is -2.15. The Labute approximate surface area is 102 Å². The smallest absolute Gasteiger partial charge is 0.324 e. The van der Waals surface area contributed by atoms with Crippen molar-refractivity contribution in [1.29, 1.82) is 0 Å². The summed E-state index contributed by atoms with van der Waals surface area (Å²) < 4.78 is 50.9. The molecular weight excluding hydrogens is 258 g/mol. The molecule has 1 aromatic rings. The molecule has 0 bridgehead atoms. The second kappa shape index (κ2) is 4.82. The summed E-state index contributed by atoms with van der Waals surface area (Å²) in [4.78, 5) is 0. The summed E-state index contributed by atoms with van der Waals surface area (Å²) in [7, 11) is 0. The molecule has 1 aliphatic carbocycles. The summed E-state index contributed by atoms with van der Waals surface area (Å²) in [6, 6.07) is 2.64. The zero-order valence-electron chi connectivity index (χ0n) is 8.80. The average Bonchev–Trinajstić information content (AvgIpc) is 2.98. The van der Waals surface area contributed by atoms with Crippen LogP contribution in [0.5, 0.6) is 0 Å². The molecule has 0 saturated heterocycles. The number of alkyl halides is 3. The lowest BCUT2D eigenvalue weighted by Crippen LogP contribution is -2.17. The van der Waals surface area contributed by atoms with Crippen molar-refractivity contribution in [2.75, 3.05) is 0 Å². The van der Waals surface area contributed by atoms with Crippen LogP contribution in [0.1, 0.15) is 30.0 Å². The maximum Gasteiger partial charge on any atom is 0.419 e. The monoisotopic (exact) mass is 269 g/mol. The van der Waals surface area contributed by atoms with Gasteiger partial charge in [-0.15, -0.1) is 12.4 Å². The fraction of sp³-hybridized carbons (Fsp3) is 0.455. The molecule has 1 aliphatic rings. The van der Waals surface area contributed by atoms with E-state index in [1.54, 1.807) is 0 Å². The van der Waals surface area contributed by atoms with Crippen LogP contribution in [0.15, 0.2) is 18.2 Å². The molecule has 0 radical (unpaired) electrons. The van der Waals surface area contributed by atoms with Crippen molar-refractivity contribution >= 4 is 12.4 Å². The Bertz CT molecular complexity index is 401. The normalized spacial score (nSPS) is 17.5. The van der Waals surface area contributed by atoms with E-state index in [0.717, 1.165) is 18.9 Å². The first-order valence-corrected chi connectivity index (χ1v) is 5.02. The Kier molecular flexibility index (Phi) is 4.04. The zero-order valence-corrected chi connectivity index (χ0v) is 9.61. The summed E-state index contributed by atoms with van der Waals surface area (Å²) in [5.74, 6) is -1.10. The Morgan fingerprint density at radius 2 is 1.82 bits per heavy atom. The van der Waals surface area contributed by atoms with E-state index in [1.165, 1.54) is 12.1 Å². The number of nitrogens with two attached hydrogens (primary N) is 1. The van der Waals surface area contributed by atoms with Gasteiger partial charge in [0, 0.05) is 11.6 Å². The SMILES string of the molecule is Cl.N[C@@H](c1cccc(C(F)(F)F)c1F)C1CC1. The van der Waals surface area contributed by atoms with Gasteiger partial charge in [0.2, 0.25) is 0 Å². The van der Waals surface area contributed by atoms with Gasteiger partial charge < -0.3 is 5.73 Å². The van der Waals surface area contributed by atoms with Crippen LogP contribution in [-0.4, -0.2) is 0 Å². The molecule has 0 unspecified atom stereocenters. The Morgan fingerprint density at radius 1 is 1.24 bits per heavy atom. The van der Waals surface area contributed by atoms with Crippen LogP contribution < -0.4 is 5.73 Å². The molecule has 2 rings (SSSR count). The van der Waals surface area contributed by atoms with Crippen LogP contribution in [0.4, 0.5) is 17.6 Å². The van der Waals surface area contributed by atoms with Crippen molar-refractivity contribution in [2.45, 2.75) is 25.1 Å². The summed E-state index contributed by atoms with van der Waals surface area (Å²) in [6.45, 7) is 0. The van der Waals surface area contributed by atoms with Crippen molar-refractivity contribution in [3.63, 3.8) is 0 Å². The highest BCUT2D eigenvalue weighted by atomic mass is 35.5. The van der Waals surface area contributed by atoms with Crippen molar-refractivity contribution in [2.24, 2.45) is 11.7 Å². The lowest BCUT2D eigenvalue weighted by atomic mass is 10.00. The van der Waals surface area contributed by atoms with Crippen LogP contribution >= 0.6 is 12.4 Å². The van der Waals surface area contributed by atoms with Crippen molar-refractivity contribution in [3.8, 4) is 0 Å². The standard InChI is InChI=1S/C11H11F4N.ClH/c12-9-7(10(16)6-4-5-6)2-1-3-8(9)11(13,14)15;/h1-3,6,10H,4-5,16H2;1H/t10-;/m1./s1. The third kappa shape index (κ3) is 2.90. The Balaban J connectivity index is 0.00000144. The lowest BCUT2D eigenvalue weighted by molar-refractivity contribution is -0.140. The van der Waals surface area contributed by atoms with E-state index in [1.807, 2.05) is 0 Å². The molecular formula is C11H12ClF4N. The highest BCUT2D eigenvalue weighted by molar-refractivity contribution is 5.85. The van der Waals surface area contributed by atoms with E-state index >= 15 is 0 Å². The molecule has 1 atom stereocenters. The molecule has 0 aliphatic heterocycles. The highest BCUT2D eigenvalue weighted by Gasteiger charge is 2.37. The first-order chi connectivity index (χ1) is 7.41. The molecule has 2 N–H and O–H groups in total. The van der Waals surface area contributed by atoms with E-state index in [2.05, 4.69) is 0 Å². The molecule has 6 heteroatoms. The summed E-state index contributed by atoms with van der Waals surface area (Å²) in [6.07, 6.45) is -2.95. The highest BCUT2D eigenvalue weighted by Crippen LogP contribution is 2.42. The number of benzene rings is 1. The molecule has 1 fully saturated rings. The van der Waals surface area contributed by atoms with Crippen molar-refractivity contribution < 1.29 is 17.6 Å². The third-order valence-electron chi connectivity index (χ3n) is 2.82. The van der Waals surface area contributed by atoms with Gasteiger partial charge in [0.1, 0.15) is 5.82 Å².